The summed E-state index contributed by atoms with van der Waals surface area (Å²) in [6.07, 6.45) is 0. The molecule has 35 heavy (non-hydrogen) atoms. The van der Waals surface area contributed by atoms with Crippen LogP contribution in [0.5, 0.6) is 0 Å². The van der Waals surface area contributed by atoms with Crippen LogP contribution in [0.4, 0.5) is 0 Å². The van der Waals surface area contributed by atoms with Gasteiger partial charge in [-0.3, -0.25) is 0 Å². The molecule has 168 valence electrons. The van der Waals surface area contributed by atoms with Crippen LogP contribution in [0.25, 0.3) is 11.1 Å². The van der Waals surface area contributed by atoms with Gasteiger partial charge in [-0.05, 0) is 38.9 Å². The smallest absolute Gasteiger partial charge is 0.0496 e. The molecule has 0 radical (unpaired) electrons. The Morgan fingerprint density at radius 2 is 0.857 bits per heavy atom. The fourth-order valence-corrected chi connectivity index (χ4v) is 6.87. The van der Waals surface area contributed by atoms with Gasteiger partial charge in [0, 0.05) is 23.4 Å². The van der Waals surface area contributed by atoms with Crippen LogP contribution in [0.1, 0.15) is 45.8 Å². The lowest BCUT2D eigenvalue weighted by Gasteiger charge is -2.40. The van der Waals surface area contributed by atoms with Gasteiger partial charge in [0.1, 0.15) is 0 Å². The molecular weight excluding hydrogens is 422 g/mol. The van der Waals surface area contributed by atoms with Crippen molar-refractivity contribution in [2.75, 3.05) is 0 Å². The number of nitrogens with one attached hydrogen (secondary N) is 1. The van der Waals surface area contributed by atoms with Crippen LogP contribution in [0.2, 0.25) is 0 Å². The van der Waals surface area contributed by atoms with Crippen LogP contribution in [0.15, 0.2) is 140 Å². The van der Waals surface area contributed by atoms with Gasteiger partial charge in [-0.15, -0.1) is 0 Å². The summed E-state index contributed by atoms with van der Waals surface area (Å²) in [5.41, 5.74) is 9.37. The Hall–Kier alpha value is -3.94. The lowest BCUT2D eigenvalue weighted by molar-refractivity contribution is 0.420. The summed E-state index contributed by atoms with van der Waals surface area (Å²) in [6, 6.07) is 51.6. The van der Waals surface area contributed by atoms with Gasteiger partial charge in [0.15, 0.2) is 0 Å². The maximum Gasteiger partial charge on any atom is 0.0496 e. The number of hydrogen-bond acceptors (Lipinski definition) is 1. The second kappa shape index (κ2) is 8.08. The minimum absolute atomic E-state index is 0.129. The van der Waals surface area contributed by atoms with Gasteiger partial charge in [-0.1, -0.05) is 140 Å². The molecule has 5 aromatic rings. The summed E-state index contributed by atoms with van der Waals surface area (Å²) in [4.78, 5) is 0. The summed E-state index contributed by atoms with van der Waals surface area (Å²) < 4.78 is 0. The van der Waals surface area contributed by atoms with Gasteiger partial charge in [0.05, 0.1) is 0 Å². The van der Waals surface area contributed by atoms with Gasteiger partial charge >= 0.3 is 0 Å². The van der Waals surface area contributed by atoms with Crippen LogP contribution in [0, 0.1) is 0 Å². The first-order chi connectivity index (χ1) is 17.4. The quantitative estimate of drug-likeness (QED) is 0.296. The second-order valence-electron chi connectivity index (χ2n) is 9.75. The fraction of sp³-hybridized carbons (Fsp3) is 0.118. The Labute approximate surface area is 207 Å². The molecule has 0 saturated carbocycles. The van der Waals surface area contributed by atoms with Crippen molar-refractivity contribution in [1.82, 2.24) is 5.32 Å². The van der Waals surface area contributed by atoms with Gasteiger partial charge < -0.3 is 5.32 Å². The number of hydrogen-bond donors (Lipinski definition) is 1. The van der Waals surface area contributed by atoms with E-state index in [-0.39, 0.29) is 23.4 Å². The monoisotopic (exact) mass is 449 g/mol. The first-order valence-corrected chi connectivity index (χ1v) is 12.5. The van der Waals surface area contributed by atoms with Gasteiger partial charge in [-0.25, -0.2) is 0 Å². The van der Waals surface area contributed by atoms with E-state index in [0.717, 1.165) is 0 Å². The molecule has 7 rings (SSSR count). The van der Waals surface area contributed by atoms with Crippen molar-refractivity contribution >= 4 is 0 Å². The van der Waals surface area contributed by atoms with E-state index in [4.69, 9.17) is 0 Å². The molecule has 1 aliphatic carbocycles. The highest BCUT2D eigenvalue weighted by Gasteiger charge is 2.61. The van der Waals surface area contributed by atoms with E-state index < -0.39 is 0 Å². The topological polar surface area (TPSA) is 12.0 Å². The van der Waals surface area contributed by atoms with Crippen molar-refractivity contribution < 1.29 is 0 Å². The van der Waals surface area contributed by atoms with E-state index in [1.807, 2.05) is 0 Å². The van der Waals surface area contributed by atoms with E-state index in [9.17, 15) is 0 Å². The lowest BCUT2D eigenvalue weighted by Crippen LogP contribution is -2.36. The second-order valence-corrected chi connectivity index (χ2v) is 9.75. The number of fused-ring (bicyclic) bond motifs is 5. The molecule has 0 amide bonds. The first kappa shape index (κ1) is 20.4. The minimum Gasteiger partial charge on any atom is -0.301 e. The molecule has 1 N–H and O–H groups in total. The molecule has 1 nitrogen and oxygen atoms in total. The van der Waals surface area contributed by atoms with E-state index in [2.05, 4.69) is 145 Å². The molecule has 1 heteroatoms. The molecule has 3 atom stereocenters. The van der Waals surface area contributed by atoms with E-state index in [0.29, 0.717) is 0 Å². The zero-order valence-corrected chi connectivity index (χ0v) is 19.5. The Morgan fingerprint density at radius 3 is 1.40 bits per heavy atom. The van der Waals surface area contributed by atoms with Crippen molar-refractivity contribution in [3.63, 3.8) is 0 Å². The Balaban J connectivity index is 1.60. The predicted octanol–water partition coefficient (Wildman–Crippen LogP) is 7.82. The third-order valence-electron chi connectivity index (χ3n) is 8.11. The standard InChI is InChI=1S/C34H27N/c1-4-14-24(15-5-1)31-32(25-16-6-2-7-17-25)35-33(26-18-8-3-9-19-26)34(31)29-22-12-10-20-27(29)28-21-11-13-23-30(28)34/h1-23,31-33,35H/t31-,32-,33-/m0/s1. The predicted molar refractivity (Wildman–Crippen MR) is 143 cm³/mol. The van der Waals surface area contributed by atoms with E-state index in [1.54, 1.807) is 0 Å². The third-order valence-corrected chi connectivity index (χ3v) is 8.11. The van der Waals surface area contributed by atoms with Gasteiger partial charge in [0.25, 0.3) is 0 Å². The van der Waals surface area contributed by atoms with E-state index in [1.165, 1.54) is 38.9 Å². The fourth-order valence-electron chi connectivity index (χ4n) is 6.87. The summed E-state index contributed by atoms with van der Waals surface area (Å²) in [6.45, 7) is 0. The molecule has 1 fully saturated rings. The van der Waals surface area contributed by atoms with Crippen LogP contribution >= 0.6 is 0 Å². The summed E-state index contributed by atoms with van der Waals surface area (Å²) in [7, 11) is 0. The highest BCUT2D eigenvalue weighted by atomic mass is 15.1. The Bertz CT molecular complexity index is 1430. The molecule has 1 spiro atoms. The molecule has 5 aromatic carbocycles. The van der Waals surface area contributed by atoms with Crippen LogP contribution in [0.3, 0.4) is 0 Å². The molecule has 1 heterocycles. The summed E-state index contributed by atoms with van der Waals surface area (Å²) in [5, 5.41) is 4.19. The van der Waals surface area contributed by atoms with Crippen molar-refractivity contribution in [2.24, 2.45) is 0 Å². The average Bonchev–Trinajstić information content (AvgIpc) is 3.45. The summed E-state index contributed by atoms with van der Waals surface area (Å²) >= 11 is 0. The molecule has 0 unspecified atom stereocenters. The van der Waals surface area contributed by atoms with Crippen molar-refractivity contribution in [3.05, 3.63) is 167 Å². The molecule has 1 aliphatic heterocycles. The highest BCUT2D eigenvalue weighted by Crippen LogP contribution is 2.67. The Morgan fingerprint density at radius 1 is 0.429 bits per heavy atom. The van der Waals surface area contributed by atoms with Crippen LogP contribution in [-0.2, 0) is 5.41 Å². The van der Waals surface area contributed by atoms with Crippen LogP contribution in [-0.4, -0.2) is 0 Å². The van der Waals surface area contributed by atoms with Gasteiger partial charge in [-0.2, -0.15) is 0 Å². The lowest BCUT2D eigenvalue weighted by atomic mass is 9.61. The zero-order valence-electron chi connectivity index (χ0n) is 19.5. The highest BCUT2D eigenvalue weighted by molar-refractivity contribution is 5.83. The summed E-state index contributed by atoms with van der Waals surface area (Å²) in [5.74, 6) is 0.223. The molecule has 2 aliphatic rings. The molecule has 0 bridgehead atoms. The molecule has 1 saturated heterocycles. The van der Waals surface area contributed by atoms with Crippen molar-refractivity contribution in [3.8, 4) is 11.1 Å². The van der Waals surface area contributed by atoms with E-state index >= 15 is 0 Å². The minimum atomic E-state index is -0.240. The average molecular weight is 450 g/mol. The molecule has 0 aromatic heterocycles. The van der Waals surface area contributed by atoms with Crippen molar-refractivity contribution in [2.45, 2.75) is 23.4 Å². The number of benzene rings is 5. The maximum atomic E-state index is 4.19. The largest absolute Gasteiger partial charge is 0.301 e. The maximum absolute atomic E-state index is 4.19. The van der Waals surface area contributed by atoms with Crippen molar-refractivity contribution in [1.29, 1.82) is 0 Å². The number of rotatable bonds is 3. The Kier molecular flexibility index (Phi) is 4.72. The first-order valence-electron chi connectivity index (χ1n) is 12.5. The molecular formula is C34H27N. The van der Waals surface area contributed by atoms with Crippen LogP contribution < -0.4 is 5.32 Å². The van der Waals surface area contributed by atoms with Gasteiger partial charge in [0.2, 0.25) is 0 Å². The SMILES string of the molecule is c1ccc([C@@H]2N[C@@H](c3ccccc3)C3(c4ccccc4-c4ccccc43)[C@H]2c2ccccc2)cc1. The normalized spacial score (nSPS) is 21.5. The zero-order chi connectivity index (χ0) is 23.2. The third kappa shape index (κ3) is 2.92.